The zero-order valence-corrected chi connectivity index (χ0v) is 10.4. The molecule has 92 valence electrons. The van der Waals surface area contributed by atoms with E-state index >= 15 is 0 Å². The minimum Gasteiger partial charge on any atom is -0.378 e. The molecule has 0 aromatic heterocycles. The monoisotopic (exact) mass is 225 g/mol. The number of carbonyl (C=O) groups is 1. The number of likely N-dealkylation sites (tertiary alicyclic amines) is 1. The highest BCUT2D eigenvalue weighted by molar-refractivity contribution is 5.77. The first kappa shape index (κ1) is 11.9. The van der Waals surface area contributed by atoms with Crippen molar-refractivity contribution in [3.8, 4) is 0 Å². The van der Waals surface area contributed by atoms with Gasteiger partial charge in [-0.2, -0.15) is 0 Å². The Morgan fingerprint density at radius 2 is 2.25 bits per heavy atom. The van der Waals surface area contributed by atoms with Crippen molar-refractivity contribution in [3.05, 3.63) is 0 Å². The van der Waals surface area contributed by atoms with Gasteiger partial charge in [-0.3, -0.25) is 4.79 Å². The zero-order chi connectivity index (χ0) is 11.5. The number of hydrogen-bond donors (Lipinski definition) is 0. The number of carbonyl (C=O) groups excluding carboxylic acids is 1. The van der Waals surface area contributed by atoms with Crippen molar-refractivity contribution in [2.45, 2.75) is 45.6 Å². The third kappa shape index (κ3) is 2.76. The van der Waals surface area contributed by atoms with Crippen molar-refractivity contribution in [2.75, 3.05) is 19.7 Å². The quantitative estimate of drug-likeness (QED) is 0.736. The number of nitrogens with zero attached hydrogens (tertiary/aromatic N) is 1. The van der Waals surface area contributed by atoms with Gasteiger partial charge >= 0.3 is 0 Å². The third-order valence-corrected chi connectivity index (χ3v) is 3.95. The van der Waals surface area contributed by atoms with E-state index in [0.29, 0.717) is 24.2 Å². The molecule has 2 fully saturated rings. The molecule has 2 atom stereocenters. The van der Waals surface area contributed by atoms with Gasteiger partial charge in [-0.05, 0) is 31.1 Å². The topological polar surface area (TPSA) is 29.5 Å². The largest absolute Gasteiger partial charge is 0.378 e. The average molecular weight is 225 g/mol. The van der Waals surface area contributed by atoms with Gasteiger partial charge in [-0.15, -0.1) is 0 Å². The van der Waals surface area contributed by atoms with Gasteiger partial charge < -0.3 is 9.64 Å². The fraction of sp³-hybridized carbons (Fsp3) is 0.923. The van der Waals surface area contributed by atoms with Crippen LogP contribution in [-0.2, 0) is 9.53 Å². The van der Waals surface area contributed by atoms with Gasteiger partial charge in [-0.1, -0.05) is 13.8 Å². The SMILES string of the molecule is CC(C)C1CCN(C(=O)C[C@H]2CCCO2)C1. The summed E-state index contributed by atoms with van der Waals surface area (Å²) < 4.78 is 5.51. The molecule has 2 rings (SSSR count). The summed E-state index contributed by atoms with van der Waals surface area (Å²) in [6, 6.07) is 0. The fourth-order valence-corrected chi connectivity index (χ4v) is 2.69. The van der Waals surface area contributed by atoms with E-state index in [1.807, 2.05) is 4.90 Å². The van der Waals surface area contributed by atoms with Crippen LogP contribution in [0.1, 0.15) is 39.5 Å². The molecule has 0 bridgehead atoms. The van der Waals surface area contributed by atoms with Crippen molar-refractivity contribution in [2.24, 2.45) is 11.8 Å². The van der Waals surface area contributed by atoms with Gasteiger partial charge in [0.15, 0.2) is 0 Å². The van der Waals surface area contributed by atoms with E-state index in [4.69, 9.17) is 4.74 Å². The lowest BCUT2D eigenvalue weighted by molar-refractivity contribution is -0.132. The zero-order valence-electron chi connectivity index (χ0n) is 10.4. The standard InChI is InChI=1S/C13H23NO2/c1-10(2)11-5-6-14(9-11)13(15)8-12-4-3-7-16-12/h10-12H,3-9H2,1-2H3/t11?,12-/m1/s1. The molecule has 2 aliphatic heterocycles. The van der Waals surface area contributed by atoms with Gasteiger partial charge in [0.25, 0.3) is 0 Å². The number of ether oxygens (including phenoxy) is 1. The lowest BCUT2D eigenvalue weighted by atomic mass is 9.95. The Balaban J connectivity index is 1.77. The second-order valence-corrected chi connectivity index (χ2v) is 5.47. The van der Waals surface area contributed by atoms with Gasteiger partial charge in [-0.25, -0.2) is 0 Å². The van der Waals surface area contributed by atoms with E-state index in [1.165, 1.54) is 6.42 Å². The molecule has 0 aromatic carbocycles. The molecular weight excluding hydrogens is 202 g/mol. The molecule has 16 heavy (non-hydrogen) atoms. The van der Waals surface area contributed by atoms with E-state index in [9.17, 15) is 4.79 Å². The summed E-state index contributed by atoms with van der Waals surface area (Å²) in [5.41, 5.74) is 0. The number of rotatable bonds is 3. The second kappa shape index (κ2) is 5.17. The van der Waals surface area contributed by atoms with E-state index in [1.54, 1.807) is 0 Å². The molecule has 1 unspecified atom stereocenters. The minimum absolute atomic E-state index is 0.200. The molecule has 0 N–H and O–H groups in total. The molecule has 0 radical (unpaired) electrons. The first-order valence-corrected chi connectivity index (χ1v) is 6.56. The predicted octanol–water partition coefficient (Wildman–Crippen LogP) is 2.06. The lowest BCUT2D eigenvalue weighted by Crippen LogP contribution is -2.31. The molecule has 0 spiro atoms. The Kier molecular flexibility index (Phi) is 3.85. The maximum absolute atomic E-state index is 12.0. The molecule has 0 aliphatic carbocycles. The van der Waals surface area contributed by atoms with Crippen LogP contribution in [0.3, 0.4) is 0 Å². The van der Waals surface area contributed by atoms with Crippen LogP contribution in [0.15, 0.2) is 0 Å². The summed E-state index contributed by atoms with van der Waals surface area (Å²) in [5, 5.41) is 0. The Labute approximate surface area is 98.1 Å². The van der Waals surface area contributed by atoms with Crippen LogP contribution in [-0.4, -0.2) is 36.6 Å². The smallest absolute Gasteiger partial charge is 0.225 e. The first-order valence-electron chi connectivity index (χ1n) is 6.56. The Morgan fingerprint density at radius 1 is 1.44 bits per heavy atom. The minimum atomic E-state index is 0.200. The maximum atomic E-state index is 12.0. The highest BCUT2D eigenvalue weighted by Crippen LogP contribution is 2.25. The molecule has 3 heteroatoms. The summed E-state index contributed by atoms with van der Waals surface area (Å²) >= 11 is 0. The average Bonchev–Trinajstić information content (AvgIpc) is 2.86. The molecule has 2 saturated heterocycles. The van der Waals surface area contributed by atoms with Crippen LogP contribution in [0.25, 0.3) is 0 Å². The third-order valence-electron chi connectivity index (χ3n) is 3.95. The highest BCUT2D eigenvalue weighted by Gasteiger charge is 2.29. The van der Waals surface area contributed by atoms with E-state index < -0.39 is 0 Å². The number of amides is 1. The van der Waals surface area contributed by atoms with E-state index in [2.05, 4.69) is 13.8 Å². The summed E-state index contributed by atoms with van der Waals surface area (Å²) in [5.74, 6) is 1.70. The Morgan fingerprint density at radius 3 is 2.81 bits per heavy atom. The molecule has 3 nitrogen and oxygen atoms in total. The summed E-state index contributed by atoms with van der Waals surface area (Å²) in [6.45, 7) is 7.25. The van der Waals surface area contributed by atoms with E-state index in [-0.39, 0.29) is 6.10 Å². The van der Waals surface area contributed by atoms with Gasteiger partial charge in [0.05, 0.1) is 12.5 Å². The fourth-order valence-electron chi connectivity index (χ4n) is 2.69. The van der Waals surface area contributed by atoms with Crippen molar-refractivity contribution in [1.29, 1.82) is 0 Å². The summed E-state index contributed by atoms with van der Waals surface area (Å²) in [6.07, 6.45) is 4.16. The van der Waals surface area contributed by atoms with Crippen molar-refractivity contribution in [3.63, 3.8) is 0 Å². The van der Waals surface area contributed by atoms with Crippen molar-refractivity contribution >= 4 is 5.91 Å². The molecular formula is C13H23NO2. The van der Waals surface area contributed by atoms with Gasteiger partial charge in [0, 0.05) is 19.7 Å². The predicted molar refractivity (Wildman–Crippen MR) is 63.1 cm³/mol. The van der Waals surface area contributed by atoms with Crippen LogP contribution in [0.2, 0.25) is 0 Å². The molecule has 2 heterocycles. The summed E-state index contributed by atoms with van der Waals surface area (Å²) in [7, 11) is 0. The van der Waals surface area contributed by atoms with Crippen LogP contribution in [0, 0.1) is 11.8 Å². The molecule has 2 aliphatic rings. The second-order valence-electron chi connectivity index (χ2n) is 5.47. The Hall–Kier alpha value is -0.570. The maximum Gasteiger partial charge on any atom is 0.225 e. The molecule has 1 amide bonds. The van der Waals surface area contributed by atoms with Crippen LogP contribution in [0.4, 0.5) is 0 Å². The first-order chi connectivity index (χ1) is 7.66. The van der Waals surface area contributed by atoms with E-state index in [0.717, 1.165) is 32.5 Å². The highest BCUT2D eigenvalue weighted by atomic mass is 16.5. The lowest BCUT2D eigenvalue weighted by Gasteiger charge is -2.19. The molecule has 0 saturated carbocycles. The Bertz CT molecular complexity index is 246. The normalized spacial score (nSPS) is 30.3. The van der Waals surface area contributed by atoms with Gasteiger partial charge in [0.1, 0.15) is 0 Å². The van der Waals surface area contributed by atoms with Gasteiger partial charge in [0.2, 0.25) is 5.91 Å². The molecule has 0 aromatic rings. The van der Waals surface area contributed by atoms with Crippen LogP contribution < -0.4 is 0 Å². The van der Waals surface area contributed by atoms with Crippen molar-refractivity contribution in [1.82, 2.24) is 4.90 Å². The van der Waals surface area contributed by atoms with Crippen molar-refractivity contribution < 1.29 is 9.53 Å². The number of hydrogen-bond acceptors (Lipinski definition) is 2. The summed E-state index contributed by atoms with van der Waals surface area (Å²) in [4.78, 5) is 14.0. The van der Waals surface area contributed by atoms with Crippen LogP contribution >= 0.6 is 0 Å². The van der Waals surface area contributed by atoms with Crippen LogP contribution in [0.5, 0.6) is 0 Å².